The van der Waals surface area contributed by atoms with Crippen LogP contribution >= 0.6 is 27.7 Å². The highest BCUT2D eigenvalue weighted by atomic mass is 79.9. The molecule has 1 aliphatic heterocycles. The maximum absolute atomic E-state index is 11.3. The van der Waals surface area contributed by atoms with E-state index in [1.807, 2.05) is 20.8 Å². The van der Waals surface area contributed by atoms with Crippen molar-refractivity contribution in [2.24, 2.45) is 0 Å². The summed E-state index contributed by atoms with van der Waals surface area (Å²) in [5, 5.41) is 5.26. The molecule has 0 bridgehead atoms. The molecule has 5 heteroatoms. The summed E-state index contributed by atoms with van der Waals surface area (Å²) in [5.74, 6) is 0. The second-order valence-electron chi connectivity index (χ2n) is 4.41. The summed E-state index contributed by atoms with van der Waals surface area (Å²) in [6.45, 7) is 6.21. The number of rotatable bonds is 2. The molecule has 1 aliphatic rings. The number of hydrogen-bond donors (Lipinski definition) is 1. The first kappa shape index (κ1) is 12.9. The van der Waals surface area contributed by atoms with E-state index in [2.05, 4.69) is 26.7 Å². The number of amides is 1. The lowest BCUT2D eigenvalue weighted by Crippen LogP contribution is -2.35. The molecule has 0 aliphatic carbocycles. The Hall–Kier alpha value is -0.160. The summed E-state index contributed by atoms with van der Waals surface area (Å²) in [6, 6.07) is 0. The van der Waals surface area contributed by atoms with E-state index in [4.69, 9.17) is 4.74 Å². The van der Waals surface area contributed by atoms with Gasteiger partial charge in [0.1, 0.15) is 5.60 Å². The molecule has 1 N–H and O–H groups in total. The van der Waals surface area contributed by atoms with Crippen LogP contribution in [0.5, 0.6) is 0 Å². The van der Waals surface area contributed by atoms with Gasteiger partial charge in [-0.15, -0.1) is 11.8 Å². The molecule has 0 saturated carbocycles. The molecule has 1 atom stereocenters. The van der Waals surface area contributed by atoms with Crippen molar-refractivity contribution in [1.82, 2.24) is 5.32 Å². The molecule has 15 heavy (non-hydrogen) atoms. The summed E-state index contributed by atoms with van der Waals surface area (Å²) in [7, 11) is 0. The van der Waals surface area contributed by atoms with Crippen molar-refractivity contribution < 1.29 is 9.53 Å². The molecule has 3 nitrogen and oxygen atoms in total. The molecule has 86 valence electrons. The fourth-order valence-corrected chi connectivity index (χ4v) is 2.94. The van der Waals surface area contributed by atoms with E-state index in [1.165, 1.54) is 4.48 Å². The molecule has 1 unspecified atom stereocenters. The maximum atomic E-state index is 11.3. The van der Waals surface area contributed by atoms with E-state index in [1.54, 1.807) is 11.8 Å². The number of carbonyl (C=O) groups is 1. The van der Waals surface area contributed by atoms with Gasteiger partial charge in [0, 0.05) is 16.3 Å². The van der Waals surface area contributed by atoms with Crippen LogP contribution in [0.3, 0.4) is 0 Å². The second kappa shape index (κ2) is 5.25. The number of allylic oxidation sites excluding steroid dienone is 1. The minimum Gasteiger partial charge on any atom is -0.444 e. The smallest absolute Gasteiger partial charge is 0.407 e. The zero-order chi connectivity index (χ0) is 11.5. The Morgan fingerprint density at radius 3 is 2.87 bits per heavy atom. The van der Waals surface area contributed by atoms with Crippen molar-refractivity contribution in [2.75, 3.05) is 6.54 Å². The van der Waals surface area contributed by atoms with Crippen LogP contribution in [0, 0.1) is 0 Å². The van der Waals surface area contributed by atoms with E-state index in [-0.39, 0.29) is 6.09 Å². The molecule has 0 saturated heterocycles. The Morgan fingerprint density at radius 2 is 2.40 bits per heavy atom. The van der Waals surface area contributed by atoms with Gasteiger partial charge >= 0.3 is 6.09 Å². The van der Waals surface area contributed by atoms with Crippen LogP contribution in [-0.4, -0.2) is 23.5 Å². The van der Waals surface area contributed by atoms with Crippen LogP contribution in [0.15, 0.2) is 9.89 Å². The minimum absolute atomic E-state index is 0.342. The van der Waals surface area contributed by atoms with Crippen LogP contribution < -0.4 is 5.32 Å². The number of halogens is 1. The van der Waals surface area contributed by atoms with Gasteiger partial charge in [0.15, 0.2) is 0 Å². The van der Waals surface area contributed by atoms with Crippen LogP contribution in [0.25, 0.3) is 0 Å². The molecule has 1 amide bonds. The van der Waals surface area contributed by atoms with Crippen molar-refractivity contribution in [1.29, 1.82) is 0 Å². The summed E-state index contributed by atoms with van der Waals surface area (Å²) in [5.41, 5.74) is -0.425. The highest BCUT2D eigenvalue weighted by molar-refractivity contribution is 9.11. The lowest BCUT2D eigenvalue weighted by Gasteiger charge is -2.20. The van der Waals surface area contributed by atoms with Crippen molar-refractivity contribution in [3.8, 4) is 0 Å². The fraction of sp³-hybridized carbons (Fsp3) is 0.700. The van der Waals surface area contributed by atoms with Crippen molar-refractivity contribution in [3.63, 3.8) is 0 Å². The Bertz CT molecular complexity index is 273. The molecule has 0 radical (unpaired) electrons. The monoisotopic (exact) mass is 293 g/mol. The van der Waals surface area contributed by atoms with E-state index in [0.29, 0.717) is 11.8 Å². The molecule has 0 aromatic carbocycles. The van der Waals surface area contributed by atoms with Crippen molar-refractivity contribution in [2.45, 2.75) is 38.0 Å². The van der Waals surface area contributed by atoms with Crippen LogP contribution in [0.4, 0.5) is 4.79 Å². The third-order valence-electron chi connectivity index (χ3n) is 1.68. The van der Waals surface area contributed by atoms with E-state index in [9.17, 15) is 4.79 Å². The number of nitrogens with one attached hydrogen (secondary N) is 1. The third-order valence-corrected chi connectivity index (χ3v) is 3.68. The number of thioether (sulfide) groups is 1. The minimum atomic E-state index is -0.425. The van der Waals surface area contributed by atoms with E-state index < -0.39 is 5.60 Å². The Morgan fingerprint density at radius 1 is 1.73 bits per heavy atom. The summed E-state index contributed by atoms with van der Waals surface area (Å²) >= 11 is 5.16. The molecular weight excluding hydrogens is 278 g/mol. The topological polar surface area (TPSA) is 38.3 Å². The summed E-state index contributed by atoms with van der Waals surface area (Å²) in [6.07, 6.45) is 0.631. The van der Waals surface area contributed by atoms with Gasteiger partial charge in [-0.1, -0.05) is 15.9 Å². The Labute approximate surface area is 103 Å². The highest BCUT2D eigenvalue weighted by Crippen LogP contribution is 2.32. The Kier molecular flexibility index (Phi) is 4.52. The first-order chi connectivity index (χ1) is 6.87. The second-order valence-corrected chi connectivity index (χ2v) is 6.60. The first-order valence-corrected chi connectivity index (χ1v) is 6.57. The van der Waals surface area contributed by atoms with Crippen LogP contribution in [0.2, 0.25) is 0 Å². The van der Waals surface area contributed by atoms with Gasteiger partial charge in [0.05, 0.1) is 0 Å². The molecule has 0 aromatic heterocycles. The van der Waals surface area contributed by atoms with Gasteiger partial charge < -0.3 is 10.1 Å². The SMILES string of the molecule is CC(C)(C)OC(=O)NCC1CC(Br)=CS1. The summed E-state index contributed by atoms with van der Waals surface area (Å²) < 4.78 is 6.33. The highest BCUT2D eigenvalue weighted by Gasteiger charge is 2.19. The summed E-state index contributed by atoms with van der Waals surface area (Å²) in [4.78, 5) is 11.3. The quantitative estimate of drug-likeness (QED) is 0.849. The number of alkyl carbamates (subject to hydrolysis) is 1. The van der Waals surface area contributed by atoms with Crippen LogP contribution in [-0.2, 0) is 4.74 Å². The molecular formula is C10H16BrNO2S. The lowest BCUT2D eigenvalue weighted by molar-refractivity contribution is 0.0528. The molecule has 1 heterocycles. The van der Waals surface area contributed by atoms with Gasteiger partial charge in [-0.3, -0.25) is 0 Å². The van der Waals surface area contributed by atoms with Gasteiger partial charge in [-0.25, -0.2) is 4.79 Å². The van der Waals surface area contributed by atoms with Crippen molar-refractivity contribution in [3.05, 3.63) is 9.89 Å². The van der Waals surface area contributed by atoms with Crippen LogP contribution in [0.1, 0.15) is 27.2 Å². The third kappa shape index (κ3) is 5.47. The van der Waals surface area contributed by atoms with Gasteiger partial charge in [0.2, 0.25) is 0 Å². The zero-order valence-corrected chi connectivity index (χ0v) is 11.6. The largest absolute Gasteiger partial charge is 0.444 e. The van der Waals surface area contributed by atoms with Gasteiger partial charge in [-0.2, -0.15) is 0 Å². The number of carbonyl (C=O) groups excluding carboxylic acids is 1. The average Bonchev–Trinajstić information content (AvgIpc) is 2.45. The lowest BCUT2D eigenvalue weighted by atomic mass is 10.2. The number of ether oxygens (including phenoxy) is 1. The van der Waals surface area contributed by atoms with E-state index >= 15 is 0 Å². The molecule has 1 rings (SSSR count). The molecule has 0 spiro atoms. The first-order valence-electron chi connectivity index (χ1n) is 4.84. The van der Waals surface area contributed by atoms with Crippen molar-refractivity contribution >= 4 is 33.8 Å². The normalized spacial score (nSPS) is 21.1. The average molecular weight is 294 g/mol. The maximum Gasteiger partial charge on any atom is 0.407 e. The zero-order valence-electron chi connectivity index (χ0n) is 9.17. The fourth-order valence-electron chi connectivity index (χ4n) is 1.12. The van der Waals surface area contributed by atoms with Gasteiger partial charge in [0.25, 0.3) is 0 Å². The Balaban J connectivity index is 2.18. The number of hydrogen-bond acceptors (Lipinski definition) is 3. The molecule has 0 fully saturated rings. The predicted molar refractivity (Wildman–Crippen MR) is 67.2 cm³/mol. The molecule has 0 aromatic rings. The van der Waals surface area contributed by atoms with E-state index in [0.717, 1.165) is 6.42 Å². The van der Waals surface area contributed by atoms with Gasteiger partial charge in [-0.05, 0) is 32.6 Å². The predicted octanol–water partition coefficient (Wildman–Crippen LogP) is 3.25. The standard InChI is InChI=1S/C10H16BrNO2S/c1-10(2,3)14-9(13)12-5-8-4-7(11)6-15-8/h6,8H,4-5H2,1-3H3,(H,12,13).